The maximum atomic E-state index is 10.8. The summed E-state index contributed by atoms with van der Waals surface area (Å²) in [5.41, 5.74) is 1.46. The lowest BCUT2D eigenvalue weighted by Gasteiger charge is -2.08. The Balaban J connectivity index is 1.64. The van der Waals surface area contributed by atoms with Crippen LogP contribution in [0.15, 0.2) is 54.6 Å². The highest BCUT2D eigenvalue weighted by atomic mass is 16.5. The number of carbonyl (C=O) groups is 1. The van der Waals surface area contributed by atoms with E-state index < -0.39 is 5.97 Å². The van der Waals surface area contributed by atoms with Crippen LogP contribution in [0.4, 0.5) is 0 Å². The third kappa shape index (κ3) is 5.28. The number of benzene rings is 2. The second-order valence-electron chi connectivity index (χ2n) is 4.53. The lowest BCUT2D eigenvalue weighted by atomic mass is 10.2. The van der Waals surface area contributed by atoms with E-state index in [2.05, 4.69) is 12.1 Å². The van der Waals surface area contributed by atoms with Gasteiger partial charge in [0.25, 0.3) is 0 Å². The Morgan fingerprint density at radius 2 is 1.76 bits per heavy atom. The first-order valence-corrected chi connectivity index (χ1v) is 6.83. The Morgan fingerprint density at radius 1 is 0.952 bits per heavy atom. The Labute approximate surface area is 123 Å². The molecule has 0 aliphatic rings. The fraction of sp³-hybridized carbons (Fsp3) is 0.235. The molecule has 2 aromatic rings. The third-order valence-corrected chi connectivity index (χ3v) is 2.96. The van der Waals surface area contributed by atoms with E-state index in [1.54, 1.807) is 12.1 Å². The average Bonchev–Trinajstić information content (AvgIpc) is 2.52. The van der Waals surface area contributed by atoms with Crippen LogP contribution in [0.25, 0.3) is 0 Å². The molecule has 0 aliphatic heterocycles. The highest BCUT2D eigenvalue weighted by molar-refractivity contribution is 5.87. The summed E-state index contributed by atoms with van der Waals surface area (Å²) in [6, 6.07) is 16.6. The molecule has 0 unspecified atom stereocenters. The van der Waals surface area contributed by atoms with Crippen LogP contribution in [0.1, 0.15) is 15.9 Å². The molecule has 4 nitrogen and oxygen atoms in total. The lowest BCUT2D eigenvalue weighted by molar-refractivity contribution is 0.0696. The normalized spacial score (nSPS) is 10.3. The van der Waals surface area contributed by atoms with Crippen molar-refractivity contribution in [3.63, 3.8) is 0 Å². The van der Waals surface area contributed by atoms with Crippen molar-refractivity contribution in [3.05, 3.63) is 65.7 Å². The first kappa shape index (κ1) is 15.1. The monoisotopic (exact) mass is 286 g/mol. The van der Waals surface area contributed by atoms with Gasteiger partial charge >= 0.3 is 5.97 Å². The van der Waals surface area contributed by atoms with Crippen molar-refractivity contribution in [1.29, 1.82) is 0 Å². The van der Waals surface area contributed by atoms with Crippen LogP contribution in [-0.4, -0.2) is 30.9 Å². The quantitative estimate of drug-likeness (QED) is 0.758. The molecule has 0 aliphatic carbocycles. The van der Waals surface area contributed by atoms with E-state index in [1.165, 1.54) is 17.7 Å². The minimum atomic E-state index is -0.959. The summed E-state index contributed by atoms with van der Waals surface area (Å²) >= 11 is 0. The lowest BCUT2D eigenvalue weighted by Crippen LogP contribution is -2.09. The Bertz CT molecular complexity index is 566. The van der Waals surface area contributed by atoms with E-state index in [-0.39, 0.29) is 5.56 Å². The van der Waals surface area contributed by atoms with Gasteiger partial charge in [-0.1, -0.05) is 36.4 Å². The molecular weight excluding hydrogens is 268 g/mol. The van der Waals surface area contributed by atoms with Crippen LogP contribution in [0.3, 0.4) is 0 Å². The third-order valence-electron chi connectivity index (χ3n) is 2.96. The molecule has 21 heavy (non-hydrogen) atoms. The highest BCUT2D eigenvalue weighted by Gasteiger charge is 2.03. The summed E-state index contributed by atoms with van der Waals surface area (Å²) in [5.74, 6) is -0.416. The minimum Gasteiger partial charge on any atom is -0.491 e. The number of hydrogen-bond acceptors (Lipinski definition) is 3. The molecule has 0 saturated carbocycles. The van der Waals surface area contributed by atoms with Crippen LogP contribution in [0.2, 0.25) is 0 Å². The zero-order valence-corrected chi connectivity index (χ0v) is 11.7. The van der Waals surface area contributed by atoms with Crippen molar-refractivity contribution < 1.29 is 19.4 Å². The minimum absolute atomic E-state index is 0.220. The van der Waals surface area contributed by atoms with Crippen LogP contribution in [-0.2, 0) is 11.2 Å². The molecule has 0 bridgehead atoms. The molecule has 2 rings (SSSR count). The zero-order valence-electron chi connectivity index (χ0n) is 11.7. The number of rotatable bonds is 8. The summed E-state index contributed by atoms with van der Waals surface area (Å²) in [6.07, 6.45) is 0.870. The van der Waals surface area contributed by atoms with Crippen LogP contribution >= 0.6 is 0 Å². The SMILES string of the molecule is O=C(O)c1cccc(OCCOCCc2ccccc2)c1. The first-order chi connectivity index (χ1) is 10.3. The summed E-state index contributed by atoms with van der Waals surface area (Å²) in [7, 11) is 0. The Kier molecular flexibility index (Phi) is 5.79. The number of ether oxygens (including phenoxy) is 2. The van der Waals surface area contributed by atoms with Gasteiger partial charge < -0.3 is 14.6 Å². The number of aromatic carboxylic acids is 1. The molecule has 0 radical (unpaired) electrons. The molecule has 110 valence electrons. The van der Waals surface area contributed by atoms with E-state index in [4.69, 9.17) is 14.6 Å². The molecule has 0 fully saturated rings. The van der Waals surface area contributed by atoms with E-state index >= 15 is 0 Å². The van der Waals surface area contributed by atoms with E-state index in [9.17, 15) is 4.79 Å². The molecule has 0 saturated heterocycles. The van der Waals surface area contributed by atoms with Gasteiger partial charge in [-0.2, -0.15) is 0 Å². The van der Waals surface area contributed by atoms with Gasteiger partial charge in [0.1, 0.15) is 12.4 Å². The number of carboxylic acid groups (broad SMARTS) is 1. The fourth-order valence-electron chi connectivity index (χ4n) is 1.87. The summed E-state index contributed by atoms with van der Waals surface area (Å²) in [4.78, 5) is 10.8. The van der Waals surface area contributed by atoms with Crippen LogP contribution < -0.4 is 4.74 Å². The van der Waals surface area contributed by atoms with E-state index in [0.717, 1.165) is 6.42 Å². The maximum absolute atomic E-state index is 10.8. The molecule has 0 aromatic heterocycles. The topological polar surface area (TPSA) is 55.8 Å². The van der Waals surface area contributed by atoms with Gasteiger partial charge in [-0.05, 0) is 30.2 Å². The van der Waals surface area contributed by atoms with Crippen molar-refractivity contribution >= 4 is 5.97 Å². The van der Waals surface area contributed by atoms with Gasteiger partial charge in [0, 0.05) is 0 Å². The Hall–Kier alpha value is -2.33. The van der Waals surface area contributed by atoms with Crippen molar-refractivity contribution in [2.45, 2.75) is 6.42 Å². The van der Waals surface area contributed by atoms with Gasteiger partial charge in [-0.3, -0.25) is 0 Å². The van der Waals surface area contributed by atoms with E-state index in [0.29, 0.717) is 25.6 Å². The molecule has 4 heteroatoms. The zero-order chi connectivity index (χ0) is 14.9. The highest BCUT2D eigenvalue weighted by Crippen LogP contribution is 2.13. The largest absolute Gasteiger partial charge is 0.491 e. The average molecular weight is 286 g/mol. The van der Waals surface area contributed by atoms with Crippen LogP contribution in [0.5, 0.6) is 5.75 Å². The van der Waals surface area contributed by atoms with Crippen molar-refractivity contribution in [2.24, 2.45) is 0 Å². The van der Waals surface area contributed by atoms with Gasteiger partial charge in [0.2, 0.25) is 0 Å². The summed E-state index contributed by atoms with van der Waals surface area (Å²) in [6.45, 7) is 1.52. The van der Waals surface area contributed by atoms with Crippen molar-refractivity contribution in [2.75, 3.05) is 19.8 Å². The van der Waals surface area contributed by atoms with Crippen molar-refractivity contribution in [3.8, 4) is 5.75 Å². The second kappa shape index (κ2) is 8.07. The molecule has 1 N–H and O–H groups in total. The fourth-order valence-corrected chi connectivity index (χ4v) is 1.87. The standard InChI is InChI=1S/C17H18O4/c18-17(19)15-7-4-8-16(13-15)21-12-11-20-10-9-14-5-2-1-3-6-14/h1-8,13H,9-12H2,(H,18,19). The van der Waals surface area contributed by atoms with Gasteiger partial charge in [-0.15, -0.1) is 0 Å². The molecule has 0 amide bonds. The summed E-state index contributed by atoms with van der Waals surface area (Å²) in [5, 5.41) is 8.88. The molecule has 2 aromatic carbocycles. The van der Waals surface area contributed by atoms with Gasteiger partial charge in [-0.25, -0.2) is 4.79 Å². The molecule has 0 heterocycles. The molecular formula is C17H18O4. The summed E-state index contributed by atoms with van der Waals surface area (Å²) < 4.78 is 11.0. The maximum Gasteiger partial charge on any atom is 0.335 e. The van der Waals surface area contributed by atoms with Gasteiger partial charge in [0.15, 0.2) is 0 Å². The predicted molar refractivity (Wildman–Crippen MR) is 79.9 cm³/mol. The predicted octanol–water partition coefficient (Wildman–Crippen LogP) is 3.02. The van der Waals surface area contributed by atoms with E-state index in [1.807, 2.05) is 18.2 Å². The van der Waals surface area contributed by atoms with Crippen LogP contribution in [0, 0.1) is 0 Å². The van der Waals surface area contributed by atoms with Crippen molar-refractivity contribution in [1.82, 2.24) is 0 Å². The smallest absolute Gasteiger partial charge is 0.335 e. The first-order valence-electron chi connectivity index (χ1n) is 6.83. The number of hydrogen-bond donors (Lipinski definition) is 1. The Morgan fingerprint density at radius 3 is 2.52 bits per heavy atom. The number of carboxylic acids is 1. The molecule has 0 atom stereocenters. The second-order valence-corrected chi connectivity index (χ2v) is 4.53. The van der Waals surface area contributed by atoms with Gasteiger partial charge in [0.05, 0.1) is 18.8 Å². The molecule has 0 spiro atoms.